The number of rotatable bonds is 7. The minimum Gasteiger partial charge on any atom is -0.490 e. The van der Waals surface area contributed by atoms with Gasteiger partial charge in [0.15, 0.2) is 11.5 Å². The quantitative estimate of drug-likeness (QED) is 0.777. The van der Waals surface area contributed by atoms with E-state index in [1.54, 1.807) is 0 Å². The van der Waals surface area contributed by atoms with Crippen LogP contribution in [0.5, 0.6) is 11.5 Å². The molecule has 2 rings (SSSR count). The topological polar surface area (TPSA) is 57.0 Å². The number of benzene rings is 1. The molecule has 5 nitrogen and oxygen atoms in total. The van der Waals surface area contributed by atoms with Crippen molar-refractivity contribution in [1.29, 1.82) is 0 Å². The molecular weight excluding hydrogens is 268 g/mol. The molecule has 2 N–H and O–H groups in total. The Labute approximate surface area is 127 Å². The van der Waals surface area contributed by atoms with Gasteiger partial charge in [0.1, 0.15) is 0 Å². The van der Waals surface area contributed by atoms with Crippen LogP contribution >= 0.6 is 0 Å². The van der Waals surface area contributed by atoms with Crippen LogP contribution < -0.4 is 15.2 Å². The van der Waals surface area contributed by atoms with Crippen LogP contribution in [-0.4, -0.2) is 51.5 Å². The summed E-state index contributed by atoms with van der Waals surface area (Å²) >= 11 is 0. The monoisotopic (exact) mass is 294 g/mol. The van der Waals surface area contributed by atoms with E-state index in [0.717, 1.165) is 49.8 Å². The van der Waals surface area contributed by atoms with Crippen LogP contribution in [0.4, 0.5) is 0 Å². The Morgan fingerprint density at radius 1 is 1.29 bits per heavy atom. The molecule has 0 aromatic heterocycles. The maximum absolute atomic E-state index is 6.29. The number of nitrogens with zero attached hydrogens (tertiary/aromatic N) is 1. The highest BCUT2D eigenvalue weighted by atomic mass is 16.5. The molecule has 0 bridgehead atoms. The Morgan fingerprint density at radius 3 is 2.81 bits per heavy atom. The number of hydrogen-bond donors (Lipinski definition) is 1. The summed E-state index contributed by atoms with van der Waals surface area (Å²) in [5, 5.41) is 0. The van der Waals surface area contributed by atoms with Crippen LogP contribution in [0.25, 0.3) is 0 Å². The molecule has 1 aromatic carbocycles. The summed E-state index contributed by atoms with van der Waals surface area (Å²) in [6.45, 7) is 6.56. The van der Waals surface area contributed by atoms with Crippen molar-refractivity contribution in [2.75, 3.05) is 46.6 Å². The summed E-state index contributed by atoms with van der Waals surface area (Å²) in [6.07, 6.45) is 0.913. The van der Waals surface area contributed by atoms with E-state index in [-0.39, 0.29) is 6.04 Å². The van der Waals surface area contributed by atoms with E-state index in [1.165, 1.54) is 0 Å². The summed E-state index contributed by atoms with van der Waals surface area (Å²) in [4.78, 5) is 2.18. The third-order valence-corrected chi connectivity index (χ3v) is 3.53. The Bertz CT molecular complexity index is 440. The van der Waals surface area contributed by atoms with Crippen LogP contribution in [0, 0.1) is 0 Å². The lowest BCUT2D eigenvalue weighted by Crippen LogP contribution is -2.31. The predicted octanol–water partition coefficient (Wildman–Crippen LogP) is 1.82. The molecule has 1 atom stereocenters. The van der Waals surface area contributed by atoms with Crippen molar-refractivity contribution in [3.8, 4) is 11.5 Å². The average molecular weight is 294 g/mol. The third kappa shape index (κ3) is 4.88. The normalized spacial score (nSPS) is 15.8. The highest BCUT2D eigenvalue weighted by Crippen LogP contribution is 2.31. The second kappa shape index (κ2) is 8.22. The fourth-order valence-electron chi connectivity index (χ4n) is 2.31. The summed E-state index contributed by atoms with van der Waals surface area (Å²) in [5.74, 6) is 1.62. The summed E-state index contributed by atoms with van der Waals surface area (Å²) in [6, 6.07) is 5.93. The van der Waals surface area contributed by atoms with Crippen LogP contribution in [0.3, 0.4) is 0 Å². The van der Waals surface area contributed by atoms with Crippen molar-refractivity contribution in [3.05, 3.63) is 23.8 Å². The van der Waals surface area contributed by atoms with Crippen molar-refractivity contribution in [3.63, 3.8) is 0 Å². The van der Waals surface area contributed by atoms with E-state index in [9.17, 15) is 0 Å². The first-order valence-electron chi connectivity index (χ1n) is 7.62. The van der Waals surface area contributed by atoms with Gasteiger partial charge in [-0.15, -0.1) is 0 Å². The molecule has 0 radical (unpaired) electrons. The molecule has 1 unspecified atom stereocenters. The summed E-state index contributed by atoms with van der Waals surface area (Å²) < 4.78 is 16.7. The van der Waals surface area contributed by atoms with Crippen molar-refractivity contribution < 1.29 is 14.2 Å². The zero-order valence-corrected chi connectivity index (χ0v) is 13.0. The van der Waals surface area contributed by atoms with Crippen molar-refractivity contribution in [1.82, 2.24) is 4.90 Å². The largest absolute Gasteiger partial charge is 0.490 e. The van der Waals surface area contributed by atoms with Crippen LogP contribution in [0.1, 0.15) is 24.9 Å². The van der Waals surface area contributed by atoms with E-state index in [0.29, 0.717) is 13.2 Å². The van der Waals surface area contributed by atoms with E-state index in [4.69, 9.17) is 19.9 Å². The molecule has 0 aliphatic carbocycles. The van der Waals surface area contributed by atoms with Gasteiger partial charge < -0.3 is 24.8 Å². The second-order valence-electron chi connectivity index (χ2n) is 5.32. The number of nitrogens with two attached hydrogens (primary N) is 1. The molecule has 5 heteroatoms. The lowest BCUT2D eigenvalue weighted by molar-refractivity contribution is 0.120. The van der Waals surface area contributed by atoms with Gasteiger partial charge in [0, 0.05) is 32.2 Å². The van der Waals surface area contributed by atoms with Gasteiger partial charge in [-0.1, -0.05) is 6.07 Å². The Kier molecular flexibility index (Phi) is 6.29. The Hall–Kier alpha value is -1.30. The van der Waals surface area contributed by atoms with Gasteiger partial charge in [-0.25, -0.2) is 0 Å². The first kappa shape index (κ1) is 16.1. The van der Waals surface area contributed by atoms with Gasteiger partial charge in [0.2, 0.25) is 0 Å². The van der Waals surface area contributed by atoms with E-state index >= 15 is 0 Å². The third-order valence-electron chi connectivity index (χ3n) is 3.53. The minimum atomic E-state index is -0.0474. The lowest BCUT2D eigenvalue weighted by atomic mass is 10.1. The zero-order valence-electron chi connectivity index (χ0n) is 13.0. The van der Waals surface area contributed by atoms with E-state index in [2.05, 4.69) is 11.9 Å². The molecule has 1 aromatic rings. The van der Waals surface area contributed by atoms with Crippen molar-refractivity contribution >= 4 is 0 Å². The van der Waals surface area contributed by atoms with Crippen molar-refractivity contribution in [2.45, 2.75) is 19.4 Å². The number of likely N-dealkylation sites (N-methyl/N-ethyl adjacent to an activating group) is 1. The Morgan fingerprint density at radius 2 is 2.05 bits per heavy atom. The molecule has 0 saturated carbocycles. The van der Waals surface area contributed by atoms with Gasteiger partial charge in [0.05, 0.1) is 19.8 Å². The average Bonchev–Trinajstić information content (AvgIpc) is 2.71. The minimum absolute atomic E-state index is 0.0474. The van der Waals surface area contributed by atoms with Gasteiger partial charge in [0.25, 0.3) is 0 Å². The smallest absolute Gasteiger partial charge is 0.161 e. The van der Waals surface area contributed by atoms with Gasteiger partial charge >= 0.3 is 0 Å². The molecular formula is C16H26N2O3. The zero-order chi connectivity index (χ0) is 15.1. The maximum atomic E-state index is 6.29. The molecule has 0 amide bonds. The van der Waals surface area contributed by atoms with Crippen LogP contribution in [0.15, 0.2) is 18.2 Å². The molecule has 1 aliphatic heterocycles. The number of hydrogen-bond acceptors (Lipinski definition) is 5. The summed E-state index contributed by atoms with van der Waals surface area (Å²) in [5.41, 5.74) is 7.37. The molecule has 0 spiro atoms. The molecule has 1 aliphatic rings. The van der Waals surface area contributed by atoms with Crippen molar-refractivity contribution in [2.24, 2.45) is 5.73 Å². The lowest BCUT2D eigenvalue weighted by Gasteiger charge is -2.22. The number of ether oxygens (including phenoxy) is 3. The standard InChI is InChI=1S/C16H26N2O3/c1-3-19-10-7-18(2)12-14(17)13-5-6-15-16(11-13)21-9-4-8-20-15/h5-6,11,14H,3-4,7-10,12,17H2,1-2H3. The van der Waals surface area contributed by atoms with Gasteiger partial charge in [-0.3, -0.25) is 0 Å². The number of fused-ring (bicyclic) bond motifs is 1. The highest BCUT2D eigenvalue weighted by molar-refractivity contribution is 5.44. The summed E-state index contributed by atoms with van der Waals surface area (Å²) in [7, 11) is 2.06. The molecule has 0 fully saturated rings. The van der Waals surface area contributed by atoms with E-state index in [1.807, 2.05) is 25.1 Å². The predicted molar refractivity (Wildman–Crippen MR) is 83.0 cm³/mol. The maximum Gasteiger partial charge on any atom is 0.161 e. The van der Waals surface area contributed by atoms with E-state index < -0.39 is 0 Å². The SMILES string of the molecule is CCOCCN(C)CC(N)c1ccc2c(c1)OCCCO2. The Balaban J connectivity index is 1.93. The fourth-order valence-corrected chi connectivity index (χ4v) is 2.31. The van der Waals surface area contributed by atoms with Crippen LogP contribution in [-0.2, 0) is 4.74 Å². The fraction of sp³-hybridized carbons (Fsp3) is 0.625. The first-order valence-corrected chi connectivity index (χ1v) is 7.62. The second-order valence-corrected chi connectivity index (χ2v) is 5.32. The molecule has 21 heavy (non-hydrogen) atoms. The molecule has 118 valence electrons. The van der Waals surface area contributed by atoms with Crippen LogP contribution in [0.2, 0.25) is 0 Å². The van der Waals surface area contributed by atoms with Gasteiger partial charge in [-0.2, -0.15) is 0 Å². The highest BCUT2D eigenvalue weighted by Gasteiger charge is 2.15. The first-order chi connectivity index (χ1) is 10.2. The molecule has 0 saturated heterocycles. The molecule has 1 heterocycles. The van der Waals surface area contributed by atoms with Gasteiger partial charge in [-0.05, 0) is 31.7 Å².